The SMILES string of the molecule is CCOC(=O)c1cc(N2CCC(C)(C)C2)ncc1N. The maximum Gasteiger partial charge on any atom is 0.340 e. The van der Waals surface area contributed by atoms with Gasteiger partial charge in [-0.1, -0.05) is 13.8 Å². The van der Waals surface area contributed by atoms with Crippen LogP contribution in [0.5, 0.6) is 0 Å². The summed E-state index contributed by atoms with van der Waals surface area (Å²) in [5, 5.41) is 0. The summed E-state index contributed by atoms with van der Waals surface area (Å²) in [6, 6.07) is 1.73. The van der Waals surface area contributed by atoms with Crippen molar-refractivity contribution in [3.05, 3.63) is 17.8 Å². The summed E-state index contributed by atoms with van der Waals surface area (Å²) >= 11 is 0. The molecule has 1 aliphatic rings. The Kier molecular flexibility index (Phi) is 3.64. The van der Waals surface area contributed by atoms with E-state index >= 15 is 0 Å². The Hall–Kier alpha value is -1.78. The van der Waals surface area contributed by atoms with Gasteiger partial charge in [0, 0.05) is 13.1 Å². The van der Waals surface area contributed by atoms with Crippen molar-refractivity contribution in [1.82, 2.24) is 4.98 Å². The lowest BCUT2D eigenvalue weighted by Gasteiger charge is -2.21. The molecular formula is C14H21N3O2. The molecule has 0 aromatic carbocycles. The zero-order chi connectivity index (χ0) is 14.0. The minimum atomic E-state index is -0.387. The standard InChI is InChI=1S/C14H21N3O2/c1-4-19-13(18)10-7-12(16-8-11(10)15)17-6-5-14(2,3)9-17/h7-8H,4-6,9,15H2,1-3H3. The van der Waals surface area contributed by atoms with Gasteiger partial charge in [0.1, 0.15) is 5.82 Å². The van der Waals surface area contributed by atoms with E-state index in [9.17, 15) is 4.79 Å². The number of rotatable bonds is 3. The molecule has 5 nitrogen and oxygen atoms in total. The number of hydrogen-bond donors (Lipinski definition) is 1. The zero-order valence-corrected chi connectivity index (χ0v) is 11.8. The molecule has 2 N–H and O–H groups in total. The second-order valence-corrected chi connectivity index (χ2v) is 5.69. The van der Waals surface area contributed by atoms with E-state index in [1.165, 1.54) is 6.20 Å². The van der Waals surface area contributed by atoms with Crippen LogP contribution in [-0.2, 0) is 4.74 Å². The van der Waals surface area contributed by atoms with Crippen molar-refractivity contribution >= 4 is 17.5 Å². The number of hydrogen-bond acceptors (Lipinski definition) is 5. The van der Waals surface area contributed by atoms with Gasteiger partial charge < -0.3 is 15.4 Å². The third kappa shape index (κ3) is 2.97. The van der Waals surface area contributed by atoms with Crippen molar-refractivity contribution in [3.8, 4) is 0 Å². The molecule has 104 valence electrons. The van der Waals surface area contributed by atoms with E-state index in [0.29, 0.717) is 17.9 Å². The molecule has 0 radical (unpaired) electrons. The maximum atomic E-state index is 11.8. The summed E-state index contributed by atoms with van der Waals surface area (Å²) in [5.74, 6) is 0.407. The molecule has 0 saturated carbocycles. The molecule has 1 aliphatic heterocycles. The molecule has 1 fully saturated rings. The second kappa shape index (κ2) is 5.07. The lowest BCUT2D eigenvalue weighted by molar-refractivity contribution is 0.0527. The number of aromatic nitrogens is 1. The van der Waals surface area contributed by atoms with Gasteiger partial charge in [-0.15, -0.1) is 0 Å². The van der Waals surface area contributed by atoms with E-state index < -0.39 is 0 Å². The molecule has 0 spiro atoms. The van der Waals surface area contributed by atoms with Crippen LogP contribution in [0.4, 0.5) is 11.5 Å². The Morgan fingerprint density at radius 1 is 1.58 bits per heavy atom. The van der Waals surface area contributed by atoms with E-state index in [-0.39, 0.29) is 11.4 Å². The number of nitrogens with two attached hydrogens (primary N) is 1. The number of nitrogens with zero attached hydrogens (tertiary/aromatic N) is 2. The monoisotopic (exact) mass is 263 g/mol. The van der Waals surface area contributed by atoms with Crippen molar-refractivity contribution in [2.45, 2.75) is 27.2 Å². The van der Waals surface area contributed by atoms with Gasteiger partial charge in [-0.2, -0.15) is 0 Å². The Morgan fingerprint density at radius 2 is 2.32 bits per heavy atom. The van der Waals surface area contributed by atoms with Crippen molar-refractivity contribution < 1.29 is 9.53 Å². The third-order valence-corrected chi connectivity index (χ3v) is 3.42. The van der Waals surface area contributed by atoms with Crippen molar-refractivity contribution in [2.75, 3.05) is 30.3 Å². The summed E-state index contributed by atoms with van der Waals surface area (Å²) in [4.78, 5) is 18.3. The molecule has 1 aromatic heterocycles. The smallest absolute Gasteiger partial charge is 0.340 e. The first-order chi connectivity index (χ1) is 8.93. The topological polar surface area (TPSA) is 68.5 Å². The van der Waals surface area contributed by atoms with Gasteiger partial charge in [0.25, 0.3) is 0 Å². The fourth-order valence-corrected chi connectivity index (χ4v) is 2.32. The first-order valence-corrected chi connectivity index (χ1v) is 6.60. The largest absolute Gasteiger partial charge is 0.462 e. The summed E-state index contributed by atoms with van der Waals surface area (Å²) in [6.07, 6.45) is 2.65. The van der Waals surface area contributed by atoms with E-state index in [1.54, 1.807) is 13.0 Å². The quantitative estimate of drug-likeness (QED) is 0.846. The number of pyridine rings is 1. The summed E-state index contributed by atoms with van der Waals surface area (Å²) in [5.41, 5.74) is 6.84. The van der Waals surface area contributed by atoms with Gasteiger partial charge >= 0.3 is 5.97 Å². The highest BCUT2D eigenvalue weighted by molar-refractivity contribution is 5.95. The molecule has 1 saturated heterocycles. The lowest BCUT2D eigenvalue weighted by Crippen LogP contribution is -2.24. The predicted octanol–water partition coefficient (Wildman–Crippen LogP) is 2.08. The van der Waals surface area contributed by atoms with Crippen LogP contribution in [0, 0.1) is 5.41 Å². The number of nitrogen functional groups attached to an aromatic ring is 1. The van der Waals surface area contributed by atoms with Crippen molar-refractivity contribution in [2.24, 2.45) is 5.41 Å². The first-order valence-electron chi connectivity index (χ1n) is 6.60. The van der Waals surface area contributed by atoms with Gasteiger partial charge in [-0.25, -0.2) is 9.78 Å². The van der Waals surface area contributed by atoms with Gasteiger partial charge in [0.05, 0.1) is 24.1 Å². The number of carbonyl (C=O) groups is 1. The van der Waals surface area contributed by atoms with E-state index in [2.05, 4.69) is 23.7 Å². The van der Waals surface area contributed by atoms with Crippen LogP contribution in [-0.4, -0.2) is 30.6 Å². The van der Waals surface area contributed by atoms with Crippen LogP contribution in [0.25, 0.3) is 0 Å². The Balaban J connectivity index is 2.24. The lowest BCUT2D eigenvalue weighted by atomic mass is 9.93. The molecular weight excluding hydrogens is 242 g/mol. The summed E-state index contributed by atoms with van der Waals surface area (Å²) < 4.78 is 5.00. The van der Waals surface area contributed by atoms with Gasteiger partial charge in [0.15, 0.2) is 0 Å². The number of anilines is 2. The Morgan fingerprint density at radius 3 is 2.89 bits per heavy atom. The normalized spacial score (nSPS) is 17.5. The number of ether oxygens (including phenoxy) is 1. The maximum absolute atomic E-state index is 11.8. The minimum absolute atomic E-state index is 0.285. The fraction of sp³-hybridized carbons (Fsp3) is 0.571. The summed E-state index contributed by atoms with van der Waals surface area (Å²) in [7, 11) is 0. The summed E-state index contributed by atoms with van der Waals surface area (Å²) in [6.45, 7) is 8.47. The number of carbonyl (C=O) groups excluding carboxylic acids is 1. The molecule has 0 unspecified atom stereocenters. The van der Waals surface area contributed by atoms with Crippen LogP contribution in [0.2, 0.25) is 0 Å². The Bertz CT molecular complexity index is 486. The van der Waals surface area contributed by atoms with Crippen molar-refractivity contribution in [3.63, 3.8) is 0 Å². The first kappa shape index (κ1) is 13.6. The molecule has 0 aliphatic carbocycles. The molecule has 5 heteroatoms. The highest BCUT2D eigenvalue weighted by Crippen LogP contribution is 2.32. The highest BCUT2D eigenvalue weighted by Gasteiger charge is 2.30. The number of esters is 1. The molecule has 2 heterocycles. The van der Waals surface area contributed by atoms with E-state index in [0.717, 1.165) is 25.3 Å². The highest BCUT2D eigenvalue weighted by atomic mass is 16.5. The van der Waals surface area contributed by atoms with Crippen LogP contribution in [0.1, 0.15) is 37.6 Å². The molecule has 0 bridgehead atoms. The molecule has 19 heavy (non-hydrogen) atoms. The second-order valence-electron chi connectivity index (χ2n) is 5.69. The van der Waals surface area contributed by atoms with Crippen LogP contribution >= 0.6 is 0 Å². The van der Waals surface area contributed by atoms with Gasteiger partial charge in [0.2, 0.25) is 0 Å². The molecule has 0 amide bonds. The van der Waals surface area contributed by atoms with E-state index in [1.807, 2.05) is 0 Å². The average molecular weight is 263 g/mol. The fourth-order valence-electron chi connectivity index (χ4n) is 2.32. The van der Waals surface area contributed by atoms with E-state index in [4.69, 9.17) is 10.5 Å². The zero-order valence-electron chi connectivity index (χ0n) is 11.8. The van der Waals surface area contributed by atoms with Crippen LogP contribution in [0.3, 0.4) is 0 Å². The Labute approximate surface area is 113 Å². The minimum Gasteiger partial charge on any atom is -0.462 e. The van der Waals surface area contributed by atoms with Crippen LogP contribution < -0.4 is 10.6 Å². The van der Waals surface area contributed by atoms with Crippen LogP contribution in [0.15, 0.2) is 12.3 Å². The van der Waals surface area contributed by atoms with Crippen molar-refractivity contribution in [1.29, 1.82) is 0 Å². The predicted molar refractivity (Wildman–Crippen MR) is 75.2 cm³/mol. The molecule has 2 rings (SSSR count). The van der Waals surface area contributed by atoms with Gasteiger partial charge in [-0.05, 0) is 24.8 Å². The van der Waals surface area contributed by atoms with Gasteiger partial charge in [-0.3, -0.25) is 0 Å². The third-order valence-electron chi connectivity index (χ3n) is 3.42. The average Bonchev–Trinajstić information content (AvgIpc) is 2.70. The molecule has 1 aromatic rings. The molecule has 0 atom stereocenters.